The van der Waals surface area contributed by atoms with Crippen molar-refractivity contribution in [3.63, 3.8) is 0 Å². The lowest BCUT2D eigenvalue weighted by molar-refractivity contribution is 0.0560. The van der Waals surface area contributed by atoms with Gasteiger partial charge >= 0.3 is 5.97 Å². The van der Waals surface area contributed by atoms with Gasteiger partial charge in [-0.1, -0.05) is 30.0 Å². The van der Waals surface area contributed by atoms with Crippen LogP contribution < -0.4 is 0 Å². The van der Waals surface area contributed by atoms with Gasteiger partial charge in [-0.3, -0.25) is 9.69 Å². The maximum absolute atomic E-state index is 13.3. The first-order valence-electron chi connectivity index (χ1n) is 10.5. The van der Waals surface area contributed by atoms with Gasteiger partial charge in [-0.15, -0.1) is 0 Å². The average Bonchev–Trinajstić information content (AvgIpc) is 3.17. The quantitative estimate of drug-likeness (QED) is 0.525. The van der Waals surface area contributed by atoms with Gasteiger partial charge in [-0.25, -0.2) is 9.78 Å². The van der Waals surface area contributed by atoms with Crippen LogP contribution in [0.1, 0.15) is 33.1 Å². The van der Waals surface area contributed by atoms with Gasteiger partial charge in [0.25, 0.3) is 5.91 Å². The number of nitrogens with zero attached hydrogens (tertiary/aromatic N) is 3. The van der Waals surface area contributed by atoms with Crippen LogP contribution in [-0.2, 0) is 11.3 Å². The number of aromatic nitrogens is 1. The summed E-state index contributed by atoms with van der Waals surface area (Å²) in [6, 6.07) is 17.0. The molecule has 0 atom stereocenters. The van der Waals surface area contributed by atoms with Crippen LogP contribution in [0.15, 0.2) is 75.1 Å². The number of rotatable bonds is 6. The predicted octanol–water partition coefficient (Wildman–Crippen LogP) is 3.96. The Bertz CT molecular complexity index is 1070. The molecule has 0 unspecified atom stereocenters. The molecule has 8 heteroatoms. The molecule has 0 N–H and O–H groups in total. The Kier molecular flexibility index (Phi) is 7.24. The monoisotopic (exact) mass is 451 g/mol. The molecule has 0 bridgehead atoms. The highest BCUT2D eigenvalue weighted by Gasteiger charge is 2.24. The highest BCUT2D eigenvalue weighted by molar-refractivity contribution is 7.99. The van der Waals surface area contributed by atoms with Gasteiger partial charge in [0, 0.05) is 37.3 Å². The average molecular weight is 452 g/mol. The van der Waals surface area contributed by atoms with E-state index < -0.39 is 5.97 Å². The topological polar surface area (TPSA) is 75.9 Å². The number of methoxy groups -OCH3 is 1. The number of hydrogen-bond acceptors (Lipinski definition) is 7. The Balaban J connectivity index is 1.40. The van der Waals surface area contributed by atoms with Crippen molar-refractivity contribution in [1.29, 1.82) is 0 Å². The van der Waals surface area contributed by atoms with Crippen LogP contribution in [-0.4, -0.2) is 59.9 Å². The molecule has 1 aromatic carbocycles. The van der Waals surface area contributed by atoms with E-state index in [1.54, 1.807) is 18.3 Å². The number of benzene rings is 1. The molecule has 7 nitrogen and oxygen atoms in total. The molecule has 166 valence electrons. The minimum atomic E-state index is -0.482. The van der Waals surface area contributed by atoms with Crippen molar-refractivity contribution < 1.29 is 18.7 Å². The van der Waals surface area contributed by atoms with Crippen LogP contribution in [0.2, 0.25) is 0 Å². The minimum absolute atomic E-state index is 0.00403. The fourth-order valence-corrected chi connectivity index (χ4v) is 4.53. The van der Waals surface area contributed by atoms with Crippen molar-refractivity contribution in [2.24, 2.45) is 0 Å². The van der Waals surface area contributed by atoms with Gasteiger partial charge in [-0.05, 0) is 42.8 Å². The second-order valence-corrected chi connectivity index (χ2v) is 8.51. The number of carbonyl (C=O) groups excluding carboxylic acids is 2. The van der Waals surface area contributed by atoms with Crippen molar-refractivity contribution in [2.75, 3.05) is 33.3 Å². The third kappa shape index (κ3) is 5.38. The number of furan rings is 1. The Morgan fingerprint density at radius 1 is 1.03 bits per heavy atom. The van der Waals surface area contributed by atoms with Crippen molar-refractivity contribution >= 4 is 23.6 Å². The molecule has 3 heterocycles. The Morgan fingerprint density at radius 2 is 1.88 bits per heavy atom. The molecule has 0 radical (unpaired) electrons. The lowest BCUT2D eigenvalue weighted by atomic mass is 10.2. The summed E-state index contributed by atoms with van der Waals surface area (Å²) in [6.45, 7) is 3.46. The molecule has 1 aliphatic heterocycles. The van der Waals surface area contributed by atoms with E-state index in [-0.39, 0.29) is 11.7 Å². The van der Waals surface area contributed by atoms with Crippen LogP contribution in [0.5, 0.6) is 0 Å². The lowest BCUT2D eigenvalue weighted by Gasteiger charge is -2.22. The fraction of sp³-hybridized carbons (Fsp3) is 0.292. The summed E-state index contributed by atoms with van der Waals surface area (Å²) in [6.07, 6.45) is 2.58. The van der Waals surface area contributed by atoms with Crippen molar-refractivity contribution in [1.82, 2.24) is 14.8 Å². The molecule has 0 spiro atoms. The van der Waals surface area contributed by atoms with Crippen LogP contribution >= 0.6 is 11.8 Å². The summed E-state index contributed by atoms with van der Waals surface area (Å²) >= 11 is 1.50. The Hall–Kier alpha value is -3.10. The minimum Gasteiger partial charge on any atom is -0.463 e. The molecule has 0 aliphatic carbocycles. The first kappa shape index (κ1) is 22.1. The molecular weight excluding hydrogens is 426 g/mol. The lowest BCUT2D eigenvalue weighted by Crippen LogP contribution is -2.35. The fourth-order valence-electron chi connectivity index (χ4n) is 3.63. The molecule has 4 rings (SSSR count). The molecular formula is C24H25N3O4S. The number of ether oxygens (including phenoxy) is 1. The van der Waals surface area contributed by atoms with Gasteiger partial charge in [0.1, 0.15) is 10.8 Å². The SMILES string of the molecule is COC(=O)c1ccc(CN2CCCN(C(=O)c3cccnc3Sc3ccccc3)CC2)o1. The Labute approximate surface area is 191 Å². The highest BCUT2D eigenvalue weighted by atomic mass is 32.2. The smallest absolute Gasteiger partial charge is 0.373 e. The summed E-state index contributed by atoms with van der Waals surface area (Å²) in [4.78, 5) is 34.6. The second-order valence-electron chi connectivity index (χ2n) is 7.45. The second kappa shape index (κ2) is 10.5. The van der Waals surface area contributed by atoms with Crippen molar-refractivity contribution in [2.45, 2.75) is 22.9 Å². The van der Waals surface area contributed by atoms with E-state index in [9.17, 15) is 9.59 Å². The maximum Gasteiger partial charge on any atom is 0.373 e. The third-order valence-corrected chi connectivity index (χ3v) is 6.29. The predicted molar refractivity (Wildman–Crippen MR) is 121 cm³/mol. The third-order valence-electron chi connectivity index (χ3n) is 5.26. The van der Waals surface area contributed by atoms with Gasteiger partial charge < -0.3 is 14.1 Å². The zero-order valence-corrected chi connectivity index (χ0v) is 18.7. The summed E-state index contributed by atoms with van der Waals surface area (Å²) < 4.78 is 10.3. The normalized spacial score (nSPS) is 14.7. The molecule has 2 aromatic heterocycles. The van der Waals surface area contributed by atoms with Crippen molar-refractivity contribution in [3.05, 3.63) is 77.9 Å². The summed E-state index contributed by atoms with van der Waals surface area (Å²) in [5.74, 6) is 0.432. The molecule has 1 saturated heterocycles. The first-order chi connectivity index (χ1) is 15.6. The van der Waals surface area contributed by atoms with E-state index in [2.05, 4.69) is 9.88 Å². The van der Waals surface area contributed by atoms with E-state index in [0.717, 1.165) is 29.4 Å². The standard InChI is InChI=1S/C24H25N3O4S/c1-30-24(29)21-11-10-18(31-21)17-26-13-6-14-27(16-15-26)23(28)20-9-5-12-25-22(20)32-19-7-3-2-4-8-19/h2-5,7-12H,6,13-17H2,1H3. The van der Waals surface area contributed by atoms with Crippen molar-refractivity contribution in [3.8, 4) is 0 Å². The highest BCUT2D eigenvalue weighted by Crippen LogP contribution is 2.29. The van der Waals surface area contributed by atoms with Gasteiger partial charge in [0.15, 0.2) is 0 Å². The number of carbonyl (C=O) groups is 2. The molecule has 1 fully saturated rings. The maximum atomic E-state index is 13.3. The largest absolute Gasteiger partial charge is 0.463 e. The van der Waals surface area contributed by atoms with Crippen LogP contribution in [0.4, 0.5) is 0 Å². The van der Waals surface area contributed by atoms with E-state index in [0.29, 0.717) is 31.0 Å². The summed E-state index contributed by atoms with van der Waals surface area (Å²) in [5.41, 5.74) is 0.628. The number of pyridine rings is 1. The summed E-state index contributed by atoms with van der Waals surface area (Å²) in [5, 5.41) is 0.718. The zero-order valence-electron chi connectivity index (χ0n) is 17.9. The number of esters is 1. The van der Waals surface area contributed by atoms with Gasteiger partial charge in [0.05, 0.1) is 19.2 Å². The van der Waals surface area contributed by atoms with E-state index in [1.165, 1.54) is 18.9 Å². The van der Waals surface area contributed by atoms with Crippen LogP contribution in [0, 0.1) is 0 Å². The van der Waals surface area contributed by atoms with Gasteiger partial charge in [0.2, 0.25) is 5.76 Å². The number of hydrogen-bond donors (Lipinski definition) is 0. The molecule has 0 saturated carbocycles. The summed E-state index contributed by atoms with van der Waals surface area (Å²) in [7, 11) is 1.33. The Morgan fingerprint density at radius 3 is 2.69 bits per heavy atom. The van der Waals surface area contributed by atoms with E-state index in [4.69, 9.17) is 9.15 Å². The van der Waals surface area contributed by atoms with Gasteiger partial charge in [-0.2, -0.15) is 0 Å². The molecule has 1 amide bonds. The number of amides is 1. The zero-order chi connectivity index (χ0) is 22.3. The molecule has 32 heavy (non-hydrogen) atoms. The van der Waals surface area contributed by atoms with E-state index >= 15 is 0 Å². The first-order valence-corrected chi connectivity index (χ1v) is 11.3. The van der Waals surface area contributed by atoms with Crippen LogP contribution in [0.3, 0.4) is 0 Å². The molecule has 3 aromatic rings. The van der Waals surface area contributed by atoms with Crippen LogP contribution in [0.25, 0.3) is 0 Å². The van der Waals surface area contributed by atoms with E-state index in [1.807, 2.05) is 47.4 Å². The molecule has 1 aliphatic rings.